The smallest absolute Gasteiger partial charge is 0.411 e. The normalized spacial score (nSPS) is 24.7. The van der Waals surface area contributed by atoms with Crippen molar-refractivity contribution in [2.24, 2.45) is 0 Å². The lowest BCUT2D eigenvalue weighted by atomic mass is 9.72. The number of likely N-dealkylation sites (tertiary alicyclic amines) is 2. The SMILES string of the molecule is C[C@H]1CCCN1[C@](C(=O)NC(=O)O)(c1ccc(-c2ccc([C@](C(=O)NC(=O)O)(C3Cc4c[nH]c3n4)N3CCC[C@@H]3C)cc2)cc1)C1Cc2c[nH]c1n2. The molecule has 2 aromatic heterocycles. The summed E-state index contributed by atoms with van der Waals surface area (Å²) in [6, 6.07) is 15.4. The van der Waals surface area contributed by atoms with Gasteiger partial charge in [-0.3, -0.25) is 30.0 Å². The Balaban J connectivity index is 1.19. The number of hydrogen-bond donors (Lipinski definition) is 6. The maximum Gasteiger partial charge on any atom is 0.411 e. The van der Waals surface area contributed by atoms with E-state index in [-0.39, 0.29) is 12.1 Å². The Hall–Kier alpha value is -5.34. The molecule has 0 spiro atoms. The van der Waals surface area contributed by atoms with Crippen LogP contribution in [0.1, 0.15) is 85.5 Å². The summed E-state index contributed by atoms with van der Waals surface area (Å²) in [4.78, 5) is 72.4. The topological polar surface area (TPSA) is 197 Å². The maximum atomic E-state index is 14.2. The first-order chi connectivity index (χ1) is 25.0. The molecule has 270 valence electrons. The number of aromatic nitrogens is 4. The van der Waals surface area contributed by atoms with Crippen LogP contribution in [0.3, 0.4) is 0 Å². The number of hydrogen-bond acceptors (Lipinski definition) is 8. The highest BCUT2D eigenvalue weighted by atomic mass is 16.4. The van der Waals surface area contributed by atoms with Crippen molar-refractivity contribution in [3.05, 3.63) is 95.1 Å². The molecule has 6 atom stereocenters. The van der Waals surface area contributed by atoms with Gasteiger partial charge in [0.2, 0.25) is 0 Å². The monoisotopic (exact) mass is 706 g/mol. The van der Waals surface area contributed by atoms with Crippen LogP contribution in [0.25, 0.3) is 11.1 Å². The third-order valence-electron chi connectivity index (χ3n) is 11.9. The van der Waals surface area contributed by atoms with Crippen LogP contribution in [0, 0.1) is 0 Å². The van der Waals surface area contributed by atoms with Gasteiger partial charge in [-0.05, 0) is 74.9 Å². The molecule has 4 aliphatic rings. The summed E-state index contributed by atoms with van der Waals surface area (Å²) in [5.74, 6) is -0.699. The number of carbonyl (C=O) groups is 4. The van der Waals surface area contributed by atoms with Crippen molar-refractivity contribution in [3.8, 4) is 11.1 Å². The molecular formula is C38H42N8O6. The highest BCUT2D eigenvalue weighted by molar-refractivity contribution is 5.99. The number of nitrogens with zero attached hydrogens (tertiary/aromatic N) is 4. The Morgan fingerprint density at radius 1 is 0.673 bits per heavy atom. The van der Waals surface area contributed by atoms with Gasteiger partial charge in [-0.25, -0.2) is 19.6 Å². The van der Waals surface area contributed by atoms with E-state index in [2.05, 4.69) is 54.2 Å². The Morgan fingerprint density at radius 3 is 1.33 bits per heavy atom. The molecule has 4 aromatic rings. The van der Waals surface area contributed by atoms with E-state index in [1.165, 1.54) is 0 Å². The summed E-state index contributed by atoms with van der Waals surface area (Å²) >= 11 is 0. The van der Waals surface area contributed by atoms with Gasteiger partial charge in [0, 0.05) is 37.3 Å². The number of nitrogens with one attached hydrogen (secondary N) is 4. The summed E-state index contributed by atoms with van der Waals surface area (Å²) in [6.45, 7) is 5.41. The quantitative estimate of drug-likeness (QED) is 0.145. The van der Waals surface area contributed by atoms with E-state index < -0.39 is 46.9 Å². The lowest BCUT2D eigenvalue weighted by Crippen LogP contribution is -2.61. The highest BCUT2D eigenvalue weighted by Gasteiger charge is 2.59. The van der Waals surface area contributed by atoms with Crippen molar-refractivity contribution in [1.82, 2.24) is 40.4 Å². The van der Waals surface area contributed by atoms with E-state index in [1.54, 1.807) is 0 Å². The molecule has 14 nitrogen and oxygen atoms in total. The molecule has 2 aromatic carbocycles. The van der Waals surface area contributed by atoms with E-state index in [4.69, 9.17) is 0 Å². The second-order valence-corrected chi connectivity index (χ2v) is 14.6. The molecule has 6 heterocycles. The second kappa shape index (κ2) is 12.7. The fourth-order valence-electron chi connectivity index (χ4n) is 9.73. The standard InChI is InChI=1S/C38H42N8O6/c1-21-5-3-15-45(21)37(33(47)43-35(49)50,29-17-27-19-39-31(29)41-27)25-11-7-23(8-12-25)24-9-13-26(14-10-24)38(34(48)44-36(51)52,46-16-4-6-22(46)2)30-18-28-20-40-32(30)42-28/h7-14,19-22,29-30H,3-6,15-18H2,1-2H3,(H,39,41)(H,40,42)(H,43,47)(H,44,48)(H,49,50)(H,51,52)/t21-,22-,29?,30?,37+,38+/m0/s1. The van der Waals surface area contributed by atoms with E-state index in [1.807, 2.05) is 60.9 Å². The second-order valence-electron chi connectivity index (χ2n) is 14.6. The Morgan fingerprint density at radius 2 is 1.06 bits per heavy atom. The first-order valence-electron chi connectivity index (χ1n) is 18.0. The molecule has 2 saturated heterocycles. The van der Waals surface area contributed by atoms with Gasteiger partial charge in [-0.2, -0.15) is 0 Å². The number of imide groups is 2. The van der Waals surface area contributed by atoms with E-state index >= 15 is 0 Å². The summed E-state index contributed by atoms with van der Waals surface area (Å²) < 4.78 is 0. The molecule has 0 radical (unpaired) electrons. The molecule has 52 heavy (non-hydrogen) atoms. The van der Waals surface area contributed by atoms with Gasteiger partial charge < -0.3 is 20.2 Å². The van der Waals surface area contributed by atoms with Gasteiger partial charge in [0.1, 0.15) is 22.7 Å². The third kappa shape index (κ3) is 5.14. The van der Waals surface area contributed by atoms with Gasteiger partial charge in [0.25, 0.3) is 11.8 Å². The van der Waals surface area contributed by atoms with Crippen molar-refractivity contribution < 1.29 is 29.4 Å². The minimum absolute atomic E-state index is 0.0323. The van der Waals surface area contributed by atoms with E-state index in [0.29, 0.717) is 48.7 Å². The van der Waals surface area contributed by atoms with Crippen molar-refractivity contribution in [1.29, 1.82) is 0 Å². The number of amides is 4. The number of carbonyl (C=O) groups excluding carboxylic acids is 2. The highest BCUT2D eigenvalue weighted by Crippen LogP contribution is 2.51. The number of aromatic amines is 2. The number of H-pyrrole nitrogens is 2. The summed E-state index contributed by atoms with van der Waals surface area (Å²) in [5, 5.41) is 23.9. The first-order valence-corrected chi connectivity index (χ1v) is 18.0. The molecular weight excluding hydrogens is 664 g/mol. The molecule has 6 N–H and O–H groups in total. The fraction of sp³-hybridized carbons (Fsp3) is 0.421. The zero-order valence-electron chi connectivity index (χ0n) is 29.1. The molecule has 0 aliphatic carbocycles. The van der Waals surface area contributed by atoms with Crippen LogP contribution in [-0.4, -0.2) is 89.1 Å². The van der Waals surface area contributed by atoms with Crippen LogP contribution in [0.15, 0.2) is 60.9 Å². The van der Waals surface area contributed by atoms with Crippen LogP contribution in [0.5, 0.6) is 0 Å². The largest absolute Gasteiger partial charge is 0.465 e. The van der Waals surface area contributed by atoms with Crippen molar-refractivity contribution in [3.63, 3.8) is 0 Å². The summed E-state index contributed by atoms with van der Waals surface area (Å²) in [6.07, 6.45) is 5.39. The van der Waals surface area contributed by atoms with Crippen molar-refractivity contribution in [2.45, 2.75) is 87.4 Å². The van der Waals surface area contributed by atoms with Gasteiger partial charge in [-0.15, -0.1) is 0 Å². The molecule has 8 rings (SSSR count). The number of imidazole rings is 2. The molecule has 2 fully saturated rings. The van der Waals surface area contributed by atoms with Crippen LogP contribution in [0.4, 0.5) is 9.59 Å². The predicted octanol–water partition coefficient (Wildman–Crippen LogP) is 4.43. The number of benzene rings is 2. The van der Waals surface area contributed by atoms with Crippen molar-refractivity contribution >= 4 is 24.0 Å². The van der Waals surface area contributed by atoms with Crippen LogP contribution < -0.4 is 10.6 Å². The number of carboxylic acid groups (broad SMARTS) is 2. The van der Waals surface area contributed by atoms with E-state index in [9.17, 15) is 29.4 Å². The Labute approximate surface area is 300 Å². The van der Waals surface area contributed by atoms with Gasteiger partial charge >= 0.3 is 12.2 Å². The minimum Gasteiger partial charge on any atom is -0.465 e. The molecule has 14 heteroatoms. The fourth-order valence-corrected chi connectivity index (χ4v) is 9.73. The molecule has 4 bridgehead atoms. The average molecular weight is 707 g/mol. The van der Waals surface area contributed by atoms with Crippen LogP contribution in [0.2, 0.25) is 0 Å². The average Bonchev–Trinajstić information content (AvgIpc) is 3.99. The summed E-state index contributed by atoms with van der Waals surface area (Å²) in [5.41, 5.74) is 2.08. The zero-order chi connectivity index (χ0) is 36.4. The molecule has 0 saturated carbocycles. The Kier molecular flexibility index (Phi) is 8.26. The van der Waals surface area contributed by atoms with Gasteiger partial charge in [0.05, 0.1) is 23.2 Å². The third-order valence-corrected chi connectivity index (χ3v) is 11.9. The maximum absolute atomic E-state index is 14.2. The summed E-state index contributed by atoms with van der Waals surface area (Å²) in [7, 11) is 0. The van der Waals surface area contributed by atoms with Crippen molar-refractivity contribution in [2.75, 3.05) is 13.1 Å². The first kappa shape index (κ1) is 33.8. The van der Waals surface area contributed by atoms with Gasteiger partial charge in [-0.1, -0.05) is 48.5 Å². The molecule has 4 amide bonds. The lowest BCUT2D eigenvalue weighted by molar-refractivity contribution is -0.137. The van der Waals surface area contributed by atoms with Gasteiger partial charge in [0.15, 0.2) is 0 Å². The molecule has 4 aliphatic heterocycles. The van der Waals surface area contributed by atoms with Crippen LogP contribution >= 0.6 is 0 Å². The molecule has 2 unspecified atom stereocenters. The predicted molar refractivity (Wildman–Crippen MR) is 188 cm³/mol. The number of rotatable bonds is 9. The Bertz CT molecular complexity index is 1900. The number of fused-ring (bicyclic) bond motifs is 4. The zero-order valence-corrected chi connectivity index (χ0v) is 29.1. The minimum atomic E-state index is -1.41. The van der Waals surface area contributed by atoms with Crippen LogP contribution in [-0.2, 0) is 33.5 Å². The van der Waals surface area contributed by atoms with E-state index in [0.717, 1.165) is 48.2 Å². The lowest BCUT2D eigenvalue weighted by Gasteiger charge is -2.47.